The van der Waals surface area contributed by atoms with Gasteiger partial charge in [0.25, 0.3) is 0 Å². The van der Waals surface area contributed by atoms with Crippen LogP contribution in [0.3, 0.4) is 0 Å². The van der Waals surface area contributed by atoms with Crippen molar-refractivity contribution in [1.82, 2.24) is 14.5 Å². The molecule has 3 heterocycles. The lowest BCUT2D eigenvalue weighted by Crippen LogP contribution is -2.49. The molecule has 8 nitrogen and oxygen atoms in total. The zero-order valence-electron chi connectivity index (χ0n) is 17.6. The molecule has 0 unspecified atom stereocenters. The second-order valence-corrected chi connectivity index (χ2v) is 9.63. The summed E-state index contributed by atoms with van der Waals surface area (Å²) < 4.78 is 33.2. The Morgan fingerprint density at radius 2 is 1.50 bits per heavy atom. The summed E-state index contributed by atoms with van der Waals surface area (Å²) in [5.41, 5.74) is 0.824. The smallest absolute Gasteiger partial charge is 0.243 e. The zero-order valence-corrected chi connectivity index (χ0v) is 18.4. The third-order valence-corrected chi connectivity index (χ3v) is 7.61. The van der Waals surface area contributed by atoms with Crippen molar-refractivity contribution in [2.45, 2.75) is 31.6 Å². The van der Waals surface area contributed by atoms with Crippen molar-refractivity contribution in [3.8, 4) is 5.75 Å². The SMILES string of the molecule is CCOc1ccc(S(=O)(=O)N2CCN(c3ccc(N4CCCC4)nn3)CC2)cc1C. The average Bonchev–Trinajstić information content (AvgIpc) is 3.30. The molecule has 1 aromatic carbocycles. The molecule has 0 spiro atoms. The van der Waals surface area contributed by atoms with E-state index in [0.29, 0.717) is 37.7 Å². The first-order chi connectivity index (χ1) is 14.5. The topological polar surface area (TPSA) is 78.9 Å². The average molecular weight is 432 g/mol. The predicted octanol–water partition coefficient (Wildman–Crippen LogP) is 2.29. The van der Waals surface area contributed by atoms with Gasteiger partial charge in [0.2, 0.25) is 10.0 Å². The Labute approximate surface area is 178 Å². The molecule has 2 aliphatic rings. The van der Waals surface area contributed by atoms with Crippen molar-refractivity contribution in [3.63, 3.8) is 0 Å². The van der Waals surface area contributed by atoms with Gasteiger partial charge in [-0.05, 0) is 62.6 Å². The molecular weight excluding hydrogens is 402 g/mol. The van der Waals surface area contributed by atoms with Crippen molar-refractivity contribution in [3.05, 3.63) is 35.9 Å². The molecule has 0 atom stereocenters. The van der Waals surface area contributed by atoms with Gasteiger partial charge in [-0.25, -0.2) is 8.42 Å². The highest BCUT2D eigenvalue weighted by molar-refractivity contribution is 7.89. The Kier molecular flexibility index (Phi) is 6.10. The second kappa shape index (κ2) is 8.77. The molecule has 9 heteroatoms. The summed E-state index contributed by atoms with van der Waals surface area (Å²) >= 11 is 0. The van der Waals surface area contributed by atoms with Gasteiger partial charge in [0.15, 0.2) is 11.6 Å². The van der Waals surface area contributed by atoms with Gasteiger partial charge >= 0.3 is 0 Å². The van der Waals surface area contributed by atoms with Gasteiger partial charge in [-0.3, -0.25) is 0 Å². The molecular formula is C21H29N5O3S. The lowest BCUT2D eigenvalue weighted by molar-refractivity contribution is 0.337. The fourth-order valence-corrected chi connectivity index (χ4v) is 5.52. The van der Waals surface area contributed by atoms with Crippen LogP contribution in [-0.4, -0.2) is 68.8 Å². The van der Waals surface area contributed by atoms with Crippen LogP contribution in [0.15, 0.2) is 35.2 Å². The van der Waals surface area contributed by atoms with Gasteiger partial charge in [0, 0.05) is 39.3 Å². The lowest BCUT2D eigenvalue weighted by atomic mass is 10.2. The van der Waals surface area contributed by atoms with Crippen LogP contribution in [0, 0.1) is 6.92 Å². The molecule has 0 amide bonds. The molecule has 162 valence electrons. The summed E-state index contributed by atoms with van der Waals surface area (Å²) in [7, 11) is -3.53. The molecule has 2 saturated heterocycles. The van der Waals surface area contributed by atoms with Crippen molar-refractivity contribution < 1.29 is 13.2 Å². The minimum atomic E-state index is -3.53. The van der Waals surface area contributed by atoms with Crippen molar-refractivity contribution in [1.29, 1.82) is 0 Å². The number of benzene rings is 1. The van der Waals surface area contributed by atoms with E-state index in [4.69, 9.17) is 4.74 Å². The largest absolute Gasteiger partial charge is 0.494 e. The van der Waals surface area contributed by atoms with Crippen LogP contribution in [0.25, 0.3) is 0 Å². The molecule has 1 aromatic heterocycles. The Balaban J connectivity index is 1.40. The number of aryl methyl sites for hydroxylation is 1. The highest BCUT2D eigenvalue weighted by atomic mass is 32.2. The molecule has 0 aliphatic carbocycles. The lowest BCUT2D eigenvalue weighted by Gasteiger charge is -2.34. The van der Waals surface area contributed by atoms with E-state index in [1.807, 2.05) is 26.0 Å². The maximum atomic E-state index is 13.1. The van der Waals surface area contributed by atoms with Gasteiger partial charge in [0.05, 0.1) is 11.5 Å². The molecule has 2 fully saturated rings. The fourth-order valence-electron chi connectivity index (χ4n) is 4.01. The molecule has 30 heavy (non-hydrogen) atoms. The van der Waals surface area contributed by atoms with E-state index < -0.39 is 10.0 Å². The van der Waals surface area contributed by atoms with Crippen LogP contribution in [-0.2, 0) is 10.0 Å². The summed E-state index contributed by atoms with van der Waals surface area (Å²) in [5.74, 6) is 2.44. The number of aromatic nitrogens is 2. The summed E-state index contributed by atoms with van der Waals surface area (Å²) in [4.78, 5) is 4.66. The van der Waals surface area contributed by atoms with Gasteiger partial charge in [-0.15, -0.1) is 10.2 Å². The monoisotopic (exact) mass is 431 g/mol. The summed E-state index contributed by atoms with van der Waals surface area (Å²) in [6.45, 7) is 8.43. The van der Waals surface area contributed by atoms with Crippen LogP contribution < -0.4 is 14.5 Å². The van der Waals surface area contributed by atoms with Crippen LogP contribution in [0.2, 0.25) is 0 Å². The molecule has 0 saturated carbocycles. The summed E-state index contributed by atoms with van der Waals surface area (Å²) in [6, 6.07) is 9.05. The maximum Gasteiger partial charge on any atom is 0.243 e. The normalized spacial score (nSPS) is 18.1. The Bertz CT molecular complexity index is 967. The van der Waals surface area contributed by atoms with Crippen molar-refractivity contribution in [2.24, 2.45) is 0 Å². The number of ether oxygens (including phenoxy) is 1. The van der Waals surface area contributed by atoms with E-state index in [1.54, 1.807) is 22.5 Å². The van der Waals surface area contributed by atoms with E-state index in [9.17, 15) is 8.42 Å². The Morgan fingerprint density at radius 3 is 2.03 bits per heavy atom. The van der Waals surface area contributed by atoms with Crippen molar-refractivity contribution >= 4 is 21.7 Å². The van der Waals surface area contributed by atoms with Crippen molar-refractivity contribution in [2.75, 3.05) is 55.7 Å². The summed E-state index contributed by atoms with van der Waals surface area (Å²) in [6.07, 6.45) is 2.40. The minimum absolute atomic E-state index is 0.312. The molecule has 2 aromatic rings. The molecule has 0 bridgehead atoms. The van der Waals surface area contributed by atoms with E-state index in [0.717, 1.165) is 36.0 Å². The summed E-state index contributed by atoms with van der Waals surface area (Å²) in [5, 5.41) is 8.76. The highest BCUT2D eigenvalue weighted by Crippen LogP contribution is 2.26. The quantitative estimate of drug-likeness (QED) is 0.694. The van der Waals surface area contributed by atoms with E-state index >= 15 is 0 Å². The number of anilines is 2. The second-order valence-electron chi connectivity index (χ2n) is 7.70. The number of sulfonamides is 1. The number of hydrogen-bond acceptors (Lipinski definition) is 7. The molecule has 4 rings (SSSR count). The third kappa shape index (κ3) is 4.22. The van der Waals surface area contributed by atoms with Crippen LogP contribution in [0.1, 0.15) is 25.3 Å². The fraction of sp³-hybridized carbons (Fsp3) is 0.524. The maximum absolute atomic E-state index is 13.1. The Morgan fingerprint density at radius 1 is 0.900 bits per heavy atom. The number of hydrogen-bond donors (Lipinski definition) is 0. The first-order valence-corrected chi connectivity index (χ1v) is 12.0. The highest BCUT2D eigenvalue weighted by Gasteiger charge is 2.29. The molecule has 0 N–H and O–H groups in total. The van der Waals surface area contributed by atoms with E-state index in [-0.39, 0.29) is 0 Å². The van der Waals surface area contributed by atoms with Crippen LogP contribution in [0.4, 0.5) is 11.6 Å². The predicted molar refractivity (Wildman–Crippen MR) is 117 cm³/mol. The van der Waals surface area contributed by atoms with Crippen LogP contribution >= 0.6 is 0 Å². The first kappa shape index (κ1) is 20.9. The van der Waals surface area contributed by atoms with Crippen LogP contribution in [0.5, 0.6) is 5.75 Å². The minimum Gasteiger partial charge on any atom is -0.494 e. The van der Waals surface area contributed by atoms with E-state index in [1.165, 1.54) is 12.8 Å². The number of piperazine rings is 1. The van der Waals surface area contributed by atoms with Gasteiger partial charge < -0.3 is 14.5 Å². The third-order valence-electron chi connectivity index (χ3n) is 5.71. The van der Waals surface area contributed by atoms with Gasteiger partial charge in [-0.1, -0.05) is 0 Å². The first-order valence-electron chi connectivity index (χ1n) is 10.6. The molecule has 2 aliphatic heterocycles. The number of rotatable bonds is 6. The zero-order chi connectivity index (χ0) is 21.1. The molecule has 0 radical (unpaired) electrons. The van der Waals surface area contributed by atoms with E-state index in [2.05, 4.69) is 20.0 Å². The standard InChI is InChI=1S/C21H29N5O3S/c1-3-29-19-7-6-18(16-17(19)2)30(27,28)26-14-12-25(13-15-26)21-9-8-20(22-23-21)24-10-4-5-11-24/h6-9,16H,3-5,10-15H2,1-2H3. The Hall–Kier alpha value is -2.39. The van der Waals surface area contributed by atoms with Gasteiger partial charge in [-0.2, -0.15) is 4.31 Å². The van der Waals surface area contributed by atoms with Gasteiger partial charge in [0.1, 0.15) is 5.75 Å². The number of nitrogens with zero attached hydrogens (tertiary/aromatic N) is 5.